The molecule has 28 heavy (non-hydrogen) atoms. The van der Waals surface area contributed by atoms with Gasteiger partial charge in [-0.05, 0) is 30.9 Å². The first-order chi connectivity index (χ1) is 13.5. The van der Waals surface area contributed by atoms with Gasteiger partial charge < -0.3 is 15.5 Å². The summed E-state index contributed by atoms with van der Waals surface area (Å²) in [6.07, 6.45) is 6.50. The summed E-state index contributed by atoms with van der Waals surface area (Å²) >= 11 is 0. The molecule has 1 fully saturated rings. The van der Waals surface area contributed by atoms with Crippen molar-refractivity contribution < 1.29 is 4.79 Å². The molecule has 1 aromatic carbocycles. The number of nitrogen functional groups attached to an aromatic ring is 1. The minimum atomic E-state index is 0.0485. The van der Waals surface area contributed by atoms with Crippen LogP contribution in [0.3, 0.4) is 0 Å². The minimum absolute atomic E-state index is 0.0485. The molecule has 2 aliphatic heterocycles. The molecule has 1 atom stereocenters. The number of hydrogen-bond acceptors (Lipinski definition) is 5. The van der Waals surface area contributed by atoms with Crippen molar-refractivity contribution in [3.05, 3.63) is 48.0 Å². The Kier molecular flexibility index (Phi) is 5.03. The third-order valence-corrected chi connectivity index (χ3v) is 5.47. The van der Waals surface area contributed by atoms with Crippen LogP contribution in [-0.4, -0.2) is 46.5 Å². The number of nitrogens with two attached hydrogens (primary N) is 1. The zero-order valence-corrected chi connectivity index (χ0v) is 16.5. The molecule has 3 heterocycles. The van der Waals surface area contributed by atoms with Crippen molar-refractivity contribution >= 4 is 17.7 Å². The van der Waals surface area contributed by atoms with Crippen LogP contribution in [0.2, 0.25) is 0 Å². The van der Waals surface area contributed by atoms with Crippen LogP contribution in [0.15, 0.2) is 42.5 Å². The molecule has 146 valence electrons. The fraction of sp³-hybridized carbons (Fsp3) is 0.409. The largest absolute Gasteiger partial charge is 0.384 e. The maximum Gasteiger partial charge on any atom is 0.254 e. The van der Waals surface area contributed by atoms with Crippen molar-refractivity contribution in [2.45, 2.75) is 32.7 Å². The Labute approximate surface area is 166 Å². The maximum absolute atomic E-state index is 13.1. The topological polar surface area (TPSA) is 75.3 Å². The van der Waals surface area contributed by atoms with Crippen molar-refractivity contribution in [2.24, 2.45) is 5.92 Å². The van der Waals surface area contributed by atoms with E-state index in [9.17, 15) is 4.79 Å². The van der Waals surface area contributed by atoms with Crippen LogP contribution in [0.4, 0.5) is 11.8 Å². The van der Waals surface area contributed by atoms with Gasteiger partial charge in [0.05, 0.1) is 11.7 Å². The highest BCUT2D eigenvalue weighted by Crippen LogP contribution is 2.26. The molecule has 4 rings (SSSR count). The third kappa shape index (κ3) is 3.59. The number of anilines is 2. The predicted octanol–water partition coefficient (Wildman–Crippen LogP) is 3.36. The average molecular weight is 377 g/mol. The van der Waals surface area contributed by atoms with Crippen LogP contribution in [0.1, 0.15) is 37.0 Å². The molecule has 0 unspecified atom stereocenters. The molecule has 6 nitrogen and oxygen atoms in total. The first kappa shape index (κ1) is 18.5. The molecule has 0 spiro atoms. The monoisotopic (exact) mass is 377 g/mol. The van der Waals surface area contributed by atoms with E-state index in [0.717, 1.165) is 37.2 Å². The Hall–Kier alpha value is -2.89. The van der Waals surface area contributed by atoms with Crippen LogP contribution >= 0.6 is 0 Å². The normalized spacial score (nSPS) is 19.0. The zero-order valence-electron chi connectivity index (χ0n) is 16.5. The average Bonchev–Trinajstić information content (AvgIpc) is 3.39. The number of carbonyl (C=O) groups is 1. The number of aromatic nitrogens is 2. The van der Waals surface area contributed by atoms with E-state index >= 15 is 0 Å². The molecule has 1 amide bonds. The van der Waals surface area contributed by atoms with Gasteiger partial charge in [0.15, 0.2) is 0 Å². The molecule has 6 heteroatoms. The van der Waals surface area contributed by atoms with Crippen molar-refractivity contribution in [1.29, 1.82) is 0 Å². The second-order valence-electron chi connectivity index (χ2n) is 7.87. The quantitative estimate of drug-likeness (QED) is 0.827. The lowest BCUT2D eigenvalue weighted by atomic mass is 10.0. The standard InChI is InChI=1S/C22H27N5O/c1-15(2)19-9-6-12-27(19)21(28)17-8-5-7-16(13-17)18-14-20(23)25-22(24-18)26-10-3-4-11-26/h5-9,13-15,19H,3-4,10-12H2,1-2H3,(H2,23,24,25)/t19-/m0/s1. The van der Waals surface area contributed by atoms with E-state index in [0.29, 0.717) is 29.8 Å². The Bertz CT molecular complexity index is 902. The number of hydrogen-bond donors (Lipinski definition) is 1. The van der Waals surface area contributed by atoms with Crippen LogP contribution < -0.4 is 10.6 Å². The first-order valence-electron chi connectivity index (χ1n) is 10.0. The van der Waals surface area contributed by atoms with Crippen molar-refractivity contribution in [3.63, 3.8) is 0 Å². The lowest BCUT2D eigenvalue weighted by Crippen LogP contribution is -2.39. The maximum atomic E-state index is 13.1. The van der Waals surface area contributed by atoms with Gasteiger partial charge in [-0.2, -0.15) is 4.98 Å². The summed E-state index contributed by atoms with van der Waals surface area (Å²) in [5, 5.41) is 0. The molecule has 1 saturated heterocycles. The number of nitrogens with zero attached hydrogens (tertiary/aromatic N) is 4. The van der Waals surface area contributed by atoms with Gasteiger partial charge in [-0.15, -0.1) is 0 Å². The van der Waals surface area contributed by atoms with Crippen LogP contribution in [-0.2, 0) is 0 Å². The van der Waals surface area contributed by atoms with Gasteiger partial charge in [-0.25, -0.2) is 4.98 Å². The summed E-state index contributed by atoms with van der Waals surface area (Å²) in [6.45, 7) is 6.85. The van der Waals surface area contributed by atoms with E-state index in [2.05, 4.69) is 35.9 Å². The van der Waals surface area contributed by atoms with Gasteiger partial charge in [0, 0.05) is 36.8 Å². The fourth-order valence-corrected chi connectivity index (χ4v) is 3.98. The third-order valence-electron chi connectivity index (χ3n) is 5.47. The lowest BCUT2D eigenvalue weighted by molar-refractivity contribution is 0.0720. The molecule has 2 aromatic rings. The summed E-state index contributed by atoms with van der Waals surface area (Å²) in [6, 6.07) is 9.57. The highest BCUT2D eigenvalue weighted by Gasteiger charge is 2.28. The van der Waals surface area contributed by atoms with Crippen LogP contribution in [0.5, 0.6) is 0 Å². The Morgan fingerprint density at radius 3 is 2.71 bits per heavy atom. The molecule has 0 radical (unpaired) electrons. The van der Waals surface area contributed by atoms with E-state index in [1.807, 2.05) is 29.2 Å². The zero-order chi connectivity index (χ0) is 19.7. The van der Waals surface area contributed by atoms with Gasteiger partial charge in [-0.3, -0.25) is 4.79 Å². The fourth-order valence-electron chi connectivity index (χ4n) is 3.98. The highest BCUT2D eigenvalue weighted by atomic mass is 16.2. The molecule has 2 aliphatic rings. The predicted molar refractivity (Wildman–Crippen MR) is 112 cm³/mol. The number of rotatable bonds is 4. The number of amides is 1. The van der Waals surface area contributed by atoms with Crippen molar-refractivity contribution in [2.75, 3.05) is 30.3 Å². The molecule has 1 aromatic heterocycles. The molecule has 0 bridgehead atoms. The molecule has 0 saturated carbocycles. The molecular weight excluding hydrogens is 350 g/mol. The number of benzene rings is 1. The second kappa shape index (κ2) is 7.62. The van der Waals surface area contributed by atoms with E-state index in [1.54, 1.807) is 6.07 Å². The SMILES string of the molecule is CC(C)[C@@H]1C=CCN1C(=O)c1cccc(-c2cc(N)nc(N3CCCC3)n2)c1. The molecular formula is C22H27N5O. The summed E-state index contributed by atoms with van der Waals surface area (Å²) in [7, 11) is 0. The van der Waals surface area contributed by atoms with Gasteiger partial charge >= 0.3 is 0 Å². The molecule has 2 N–H and O–H groups in total. The Morgan fingerprint density at radius 2 is 1.96 bits per heavy atom. The molecule has 0 aliphatic carbocycles. The van der Waals surface area contributed by atoms with E-state index in [-0.39, 0.29) is 11.9 Å². The van der Waals surface area contributed by atoms with Crippen molar-refractivity contribution in [1.82, 2.24) is 14.9 Å². The lowest BCUT2D eigenvalue weighted by Gasteiger charge is -2.27. The van der Waals surface area contributed by atoms with Gasteiger partial charge in [-0.1, -0.05) is 38.1 Å². The summed E-state index contributed by atoms with van der Waals surface area (Å²) in [4.78, 5) is 26.3. The summed E-state index contributed by atoms with van der Waals surface area (Å²) < 4.78 is 0. The second-order valence-corrected chi connectivity index (χ2v) is 7.87. The van der Waals surface area contributed by atoms with Crippen LogP contribution in [0, 0.1) is 5.92 Å². The Morgan fingerprint density at radius 1 is 1.18 bits per heavy atom. The van der Waals surface area contributed by atoms with E-state index in [1.165, 1.54) is 0 Å². The smallest absolute Gasteiger partial charge is 0.254 e. The summed E-state index contributed by atoms with van der Waals surface area (Å²) in [5.41, 5.74) is 8.36. The Balaban J connectivity index is 1.63. The van der Waals surface area contributed by atoms with Crippen molar-refractivity contribution in [3.8, 4) is 11.3 Å². The van der Waals surface area contributed by atoms with Gasteiger partial charge in [0.2, 0.25) is 5.95 Å². The number of carbonyl (C=O) groups excluding carboxylic acids is 1. The minimum Gasteiger partial charge on any atom is -0.384 e. The van der Waals surface area contributed by atoms with Gasteiger partial charge in [0.25, 0.3) is 5.91 Å². The van der Waals surface area contributed by atoms with Gasteiger partial charge in [0.1, 0.15) is 5.82 Å². The van der Waals surface area contributed by atoms with E-state index in [4.69, 9.17) is 10.7 Å². The van der Waals surface area contributed by atoms with E-state index < -0.39 is 0 Å². The summed E-state index contributed by atoms with van der Waals surface area (Å²) in [5.74, 6) is 1.56. The van der Waals surface area contributed by atoms with Crippen LogP contribution in [0.25, 0.3) is 11.3 Å². The first-order valence-corrected chi connectivity index (χ1v) is 10.0. The highest BCUT2D eigenvalue weighted by molar-refractivity contribution is 5.96.